The van der Waals surface area contributed by atoms with Gasteiger partial charge in [-0.3, -0.25) is 4.40 Å². The summed E-state index contributed by atoms with van der Waals surface area (Å²) >= 11 is 0. The van der Waals surface area contributed by atoms with Gasteiger partial charge in [0.05, 0.1) is 6.57 Å². The maximum atomic E-state index is 7.31. The summed E-state index contributed by atoms with van der Waals surface area (Å²) in [5.41, 5.74) is 10.3. The molecular weight excluding hydrogens is 374 g/mol. The molecule has 2 heterocycles. The molecule has 0 radical (unpaired) electrons. The second-order valence-electron chi connectivity index (χ2n) is 7.53. The van der Waals surface area contributed by atoms with Crippen molar-refractivity contribution in [2.75, 3.05) is 5.73 Å². The first-order valence-electron chi connectivity index (χ1n) is 10.1. The van der Waals surface area contributed by atoms with Crippen molar-refractivity contribution >= 4 is 17.0 Å². The second kappa shape index (κ2) is 7.53. The number of imidazole rings is 1. The van der Waals surface area contributed by atoms with Crippen LogP contribution in [0.2, 0.25) is 0 Å². The SMILES string of the molecule is [C-]#[N+]c1ccccc1COc1cccc(-c2nc(C3CCC3)n3ccnc(N)c23)c1. The third kappa shape index (κ3) is 3.15. The van der Waals surface area contributed by atoms with E-state index in [9.17, 15) is 0 Å². The molecule has 2 N–H and O–H groups in total. The Balaban J connectivity index is 1.50. The molecule has 0 saturated heterocycles. The lowest BCUT2D eigenvalue weighted by Crippen LogP contribution is -2.12. The molecule has 30 heavy (non-hydrogen) atoms. The number of para-hydroxylation sites is 1. The van der Waals surface area contributed by atoms with Crippen LogP contribution in [0, 0.1) is 6.57 Å². The molecule has 0 amide bonds. The molecule has 1 aliphatic carbocycles. The Morgan fingerprint density at radius 2 is 2.03 bits per heavy atom. The molecule has 6 nitrogen and oxygen atoms in total. The molecule has 4 aromatic rings. The molecule has 6 heteroatoms. The largest absolute Gasteiger partial charge is 0.490 e. The van der Waals surface area contributed by atoms with E-state index in [4.69, 9.17) is 22.0 Å². The van der Waals surface area contributed by atoms with E-state index in [1.807, 2.05) is 48.7 Å². The Kier molecular flexibility index (Phi) is 4.56. The molecule has 148 valence electrons. The van der Waals surface area contributed by atoms with Gasteiger partial charge in [-0.1, -0.05) is 42.8 Å². The summed E-state index contributed by atoms with van der Waals surface area (Å²) in [5.74, 6) is 2.72. The minimum atomic E-state index is 0.336. The summed E-state index contributed by atoms with van der Waals surface area (Å²) in [6.45, 7) is 7.65. The summed E-state index contributed by atoms with van der Waals surface area (Å²) in [7, 11) is 0. The van der Waals surface area contributed by atoms with Crippen molar-refractivity contribution in [1.29, 1.82) is 0 Å². The number of hydrogen-bond donors (Lipinski definition) is 1. The second-order valence-corrected chi connectivity index (χ2v) is 7.53. The Labute approximate surface area is 174 Å². The summed E-state index contributed by atoms with van der Waals surface area (Å²) in [5, 5.41) is 0. The highest BCUT2D eigenvalue weighted by Gasteiger charge is 2.26. The van der Waals surface area contributed by atoms with Gasteiger partial charge in [-0.05, 0) is 30.5 Å². The third-order valence-corrected chi connectivity index (χ3v) is 5.69. The average Bonchev–Trinajstić information content (AvgIpc) is 3.12. The number of rotatable bonds is 5. The van der Waals surface area contributed by atoms with Gasteiger partial charge in [0.25, 0.3) is 0 Å². The average molecular weight is 395 g/mol. The van der Waals surface area contributed by atoms with Crippen molar-refractivity contribution in [3.05, 3.63) is 83.7 Å². The van der Waals surface area contributed by atoms with Crippen LogP contribution < -0.4 is 10.5 Å². The third-order valence-electron chi connectivity index (χ3n) is 5.69. The minimum Gasteiger partial charge on any atom is -0.490 e. The monoisotopic (exact) mass is 395 g/mol. The van der Waals surface area contributed by atoms with E-state index >= 15 is 0 Å². The zero-order valence-corrected chi connectivity index (χ0v) is 16.5. The van der Waals surface area contributed by atoms with Gasteiger partial charge in [-0.25, -0.2) is 14.8 Å². The van der Waals surface area contributed by atoms with Gasteiger partial charge in [-0.2, -0.15) is 0 Å². The predicted octanol–water partition coefficient (Wildman–Crippen LogP) is 5.38. The van der Waals surface area contributed by atoms with Crippen LogP contribution >= 0.6 is 0 Å². The van der Waals surface area contributed by atoms with Crippen molar-refractivity contribution < 1.29 is 4.74 Å². The van der Waals surface area contributed by atoms with Gasteiger partial charge in [0.1, 0.15) is 35.2 Å². The summed E-state index contributed by atoms with van der Waals surface area (Å²) in [4.78, 5) is 12.8. The van der Waals surface area contributed by atoms with E-state index in [0.29, 0.717) is 24.0 Å². The first-order valence-corrected chi connectivity index (χ1v) is 10.1. The highest BCUT2D eigenvalue weighted by Crippen LogP contribution is 2.39. The number of fused-ring (bicyclic) bond motifs is 1. The topological polar surface area (TPSA) is 69.8 Å². The van der Waals surface area contributed by atoms with Gasteiger partial charge < -0.3 is 10.5 Å². The molecule has 0 bridgehead atoms. The van der Waals surface area contributed by atoms with Crippen LogP contribution in [0.1, 0.15) is 36.6 Å². The van der Waals surface area contributed by atoms with E-state index in [1.54, 1.807) is 12.3 Å². The quantitative estimate of drug-likeness (QED) is 0.461. The molecule has 5 rings (SSSR count). The van der Waals surface area contributed by atoms with Crippen LogP contribution in [0.3, 0.4) is 0 Å². The Morgan fingerprint density at radius 3 is 2.83 bits per heavy atom. The molecule has 2 aromatic heterocycles. The maximum absolute atomic E-state index is 7.31. The fourth-order valence-electron chi connectivity index (χ4n) is 3.88. The van der Waals surface area contributed by atoms with Gasteiger partial charge >= 0.3 is 0 Å². The molecular formula is C24H21N5O. The summed E-state index contributed by atoms with van der Waals surface area (Å²) < 4.78 is 8.09. The molecule has 1 saturated carbocycles. The van der Waals surface area contributed by atoms with Crippen LogP contribution in [-0.4, -0.2) is 14.4 Å². The fourth-order valence-corrected chi connectivity index (χ4v) is 3.88. The van der Waals surface area contributed by atoms with Crippen LogP contribution in [-0.2, 0) is 6.61 Å². The molecule has 2 aromatic carbocycles. The number of anilines is 1. The van der Waals surface area contributed by atoms with Crippen molar-refractivity contribution in [3.8, 4) is 17.0 Å². The number of nitrogens with two attached hydrogens (primary N) is 1. The van der Waals surface area contributed by atoms with E-state index in [1.165, 1.54) is 6.42 Å². The first kappa shape index (κ1) is 18.2. The van der Waals surface area contributed by atoms with Crippen molar-refractivity contribution in [2.45, 2.75) is 31.8 Å². The van der Waals surface area contributed by atoms with Gasteiger partial charge in [-0.15, -0.1) is 0 Å². The lowest BCUT2D eigenvalue weighted by molar-refractivity contribution is 0.307. The number of aromatic nitrogens is 3. The summed E-state index contributed by atoms with van der Waals surface area (Å²) in [6, 6.07) is 15.3. The van der Waals surface area contributed by atoms with Gasteiger partial charge in [0, 0.05) is 23.9 Å². The van der Waals surface area contributed by atoms with Crippen LogP contribution in [0.25, 0.3) is 21.6 Å². The van der Waals surface area contributed by atoms with E-state index in [-0.39, 0.29) is 0 Å². The summed E-state index contributed by atoms with van der Waals surface area (Å²) in [6.07, 6.45) is 7.22. The molecule has 0 aliphatic heterocycles. The number of nitrogens with zero attached hydrogens (tertiary/aromatic N) is 4. The fraction of sp³-hybridized carbons (Fsp3) is 0.208. The number of nitrogen functional groups attached to an aromatic ring is 1. The number of ether oxygens (including phenoxy) is 1. The molecule has 1 fully saturated rings. The van der Waals surface area contributed by atoms with Crippen LogP contribution in [0.4, 0.5) is 11.5 Å². The Hall–Kier alpha value is -3.85. The number of hydrogen-bond acceptors (Lipinski definition) is 4. The molecule has 1 aliphatic rings. The van der Waals surface area contributed by atoms with E-state index in [0.717, 1.165) is 46.8 Å². The maximum Gasteiger partial charge on any atom is 0.193 e. The highest BCUT2D eigenvalue weighted by molar-refractivity contribution is 5.85. The normalized spacial score (nSPS) is 13.7. The Bertz CT molecular complexity index is 1270. The number of benzene rings is 2. The predicted molar refractivity (Wildman–Crippen MR) is 116 cm³/mol. The smallest absolute Gasteiger partial charge is 0.193 e. The zero-order chi connectivity index (χ0) is 20.5. The van der Waals surface area contributed by atoms with Crippen LogP contribution in [0.5, 0.6) is 5.75 Å². The van der Waals surface area contributed by atoms with Crippen molar-refractivity contribution in [3.63, 3.8) is 0 Å². The lowest BCUT2D eigenvalue weighted by Gasteiger charge is -2.23. The lowest BCUT2D eigenvalue weighted by atomic mass is 9.85. The van der Waals surface area contributed by atoms with E-state index in [2.05, 4.69) is 14.2 Å². The standard InChI is InChI=1S/C24H21N5O/c1-26-20-11-3-2-6-18(20)15-30-19-10-5-9-17(14-19)21-22-23(25)27-12-13-29(22)24(28-21)16-7-4-8-16/h2-3,5-6,9-14,16H,4,7-8,15H2,(H2,25,27). The van der Waals surface area contributed by atoms with Crippen molar-refractivity contribution in [1.82, 2.24) is 14.4 Å². The molecule has 0 unspecified atom stereocenters. The highest BCUT2D eigenvalue weighted by atomic mass is 16.5. The minimum absolute atomic E-state index is 0.336. The van der Waals surface area contributed by atoms with Crippen LogP contribution in [0.15, 0.2) is 60.9 Å². The van der Waals surface area contributed by atoms with Gasteiger partial charge in [0.2, 0.25) is 0 Å². The molecule has 0 atom stereocenters. The zero-order valence-electron chi connectivity index (χ0n) is 16.5. The first-order chi connectivity index (χ1) is 14.7. The van der Waals surface area contributed by atoms with Crippen molar-refractivity contribution in [2.24, 2.45) is 0 Å². The van der Waals surface area contributed by atoms with E-state index < -0.39 is 0 Å². The Morgan fingerprint density at radius 1 is 1.17 bits per heavy atom. The van der Waals surface area contributed by atoms with Gasteiger partial charge in [0.15, 0.2) is 5.69 Å². The molecule has 0 spiro atoms.